The molecule has 0 aromatic heterocycles. The number of hydrogen-bond acceptors (Lipinski definition) is 5. The fourth-order valence-electron chi connectivity index (χ4n) is 3.26. The molecule has 3 rings (SSSR count). The van der Waals surface area contributed by atoms with Crippen LogP contribution in [0, 0.1) is 5.82 Å². The second kappa shape index (κ2) is 9.67. The van der Waals surface area contributed by atoms with Gasteiger partial charge in [0.2, 0.25) is 15.9 Å². The van der Waals surface area contributed by atoms with Crippen LogP contribution in [0.1, 0.15) is 6.92 Å². The van der Waals surface area contributed by atoms with Crippen LogP contribution in [0.15, 0.2) is 53.4 Å². The van der Waals surface area contributed by atoms with E-state index in [4.69, 9.17) is 0 Å². The fourth-order valence-corrected chi connectivity index (χ4v) is 4.74. The highest BCUT2D eigenvalue weighted by atomic mass is 32.2. The van der Waals surface area contributed by atoms with E-state index in [-0.39, 0.29) is 29.6 Å². The number of rotatable bonds is 7. The summed E-state index contributed by atoms with van der Waals surface area (Å²) in [6, 6.07) is 10.2. The van der Waals surface area contributed by atoms with E-state index in [9.17, 15) is 26.4 Å². The van der Waals surface area contributed by atoms with Gasteiger partial charge in [-0.1, -0.05) is 12.1 Å². The van der Waals surface area contributed by atoms with Crippen LogP contribution in [0.3, 0.4) is 0 Å². The SMILES string of the molecule is CC(C(=O)Nc1ccc(OC(F)F)cc1)N1CCN(S(=O)(=O)c2ccccc2F)CC1. The van der Waals surface area contributed by atoms with Gasteiger partial charge in [-0.25, -0.2) is 12.8 Å². The smallest absolute Gasteiger partial charge is 0.387 e. The topological polar surface area (TPSA) is 79.0 Å². The zero-order chi connectivity index (χ0) is 22.6. The largest absolute Gasteiger partial charge is 0.435 e. The lowest BCUT2D eigenvalue weighted by Gasteiger charge is -2.36. The van der Waals surface area contributed by atoms with E-state index >= 15 is 0 Å². The summed E-state index contributed by atoms with van der Waals surface area (Å²) < 4.78 is 69.2. The minimum absolute atomic E-state index is 0.0202. The van der Waals surface area contributed by atoms with Crippen molar-refractivity contribution in [1.82, 2.24) is 9.21 Å². The number of carbonyl (C=O) groups excluding carboxylic acids is 1. The Morgan fingerprint density at radius 1 is 1.03 bits per heavy atom. The molecule has 1 N–H and O–H groups in total. The van der Waals surface area contributed by atoms with Gasteiger partial charge in [-0.05, 0) is 43.3 Å². The quantitative estimate of drug-likeness (QED) is 0.692. The molecule has 1 fully saturated rings. The van der Waals surface area contributed by atoms with Crippen LogP contribution in [-0.4, -0.2) is 62.4 Å². The van der Waals surface area contributed by atoms with Crippen LogP contribution < -0.4 is 10.1 Å². The molecule has 0 spiro atoms. The molecule has 168 valence electrons. The summed E-state index contributed by atoms with van der Waals surface area (Å²) in [6.45, 7) is -0.416. The van der Waals surface area contributed by atoms with Gasteiger partial charge < -0.3 is 10.1 Å². The first-order valence-corrected chi connectivity index (χ1v) is 11.0. The number of benzene rings is 2. The summed E-state index contributed by atoms with van der Waals surface area (Å²) in [5.41, 5.74) is 0.416. The van der Waals surface area contributed by atoms with Crippen molar-refractivity contribution < 1.29 is 31.1 Å². The monoisotopic (exact) mass is 457 g/mol. The number of carbonyl (C=O) groups is 1. The summed E-state index contributed by atoms with van der Waals surface area (Å²) in [7, 11) is -3.96. The molecule has 31 heavy (non-hydrogen) atoms. The molecule has 1 atom stereocenters. The Kier molecular flexibility index (Phi) is 7.19. The number of nitrogens with one attached hydrogen (secondary N) is 1. The molecule has 1 unspecified atom stereocenters. The molecule has 1 amide bonds. The van der Waals surface area contributed by atoms with E-state index in [0.717, 1.165) is 6.07 Å². The summed E-state index contributed by atoms with van der Waals surface area (Å²) in [4.78, 5) is 14.0. The number of ether oxygens (including phenoxy) is 1. The first kappa shape index (κ1) is 23.0. The predicted octanol–water partition coefficient (Wildman–Crippen LogP) is 2.76. The maximum atomic E-state index is 13.9. The lowest BCUT2D eigenvalue weighted by atomic mass is 10.2. The minimum Gasteiger partial charge on any atom is -0.435 e. The minimum atomic E-state index is -3.96. The first-order valence-electron chi connectivity index (χ1n) is 9.53. The van der Waals surface area contributed by atoms with Gasteiger partial charge in [0.25, 0.3) is 0 Å². The average molecular weight is 457 g/mol. The number of halogens is 3. The van der Waals surface area contributed by atoms with Crippen LogP contribution in [0.25, 0.3) is 0 Å². The number of amides is 1. The second-order valence-electron chi connectivity index (χ2n) is 6.94. The number of alkyl halides is 2. The maximum absolute atomic E-state index is 13.9. The van der Waals surface area contributed by atoms with Crippen molar-refractivity contribution in [1.29, 1.82) is 0 Å². The lowest BCUT2D eigenvalue weighted by molar-refractivity contribution is -0.121. The summed E-state index contributed by atoms with van der Waals surface area (Å²) in [5.74, 6) is -1.15. The lowest BCUT2D eigenvalue weighted by Crippen LogP contribution is -2.54. The van der Waals surface area contributed by atoms with Gasteiger partial charge in [0.1, 0.15) is 16.5 Å². The molecule has 1 aliphatic heterocycles. The Morgan fingerprint density at radius 3 is 2.23 bits per heavy atom. The summed E-state index contributed by atoms with van der Waals surface area (Å²) >= 11 is 0. The highest BCUT2D eigenvalue weighted by Crippen LogP contribution is 2.22. The van der Waals surface area contributed by atoms with Crippen molar-refractivity contribution >= 4 is 21.6 Å². The number of piperazine rings is 1. The molecule has 0 saturated carbocycles. The van der Waals surface area contributed by atoms with Crippen molar-refractivity contribution in [2.24, 2.45) is 0 Å². The number of sulfonamides is 1. The molecule has 2 aromatic carbocycles. The van der Waals surface area contributed by atoms with E-state index < -0.39 is 28.5 Å². The third-order valence-corrected chi connectivity index (χ3v) is 6.93. The van der Waals surface area contributed by atoms with Gasteiger partial charge in [-0.2, -0.15) is 13.1 Å². The molecular weight excluding hydrogens is 435 g/mol. The van der Waals surface area contributed by atoms with E-state index in [0.29, 0.717) is 18.8 Å². The number of nitrogens with zero attached hydrogens (tertiary/aromatic N) is 2. The third-order valence-electron chi connectivity index (χ3n) is 5.00. The Bertz CT molecular complexity index is 1010. The van der Waals surface area contributed by atoms with Gasteiger partial charge in [0.15, 0.2) is 0 Å². The third kappa shape index (κ3) is 5.54. The Balaban J connectivity index is 1.56. The molecule has 1 saturated heterocycles. The van der Waals surface area contributed by atoms with Gasteiger partial charge >= 0.3 is 6.61 Å². The molecular formula is C20H22F3N3O4S. The Hall–Kier alpha value is -2.63. The van der Waals surface area contributed by atoms with Crippen molar-refractivity contribution in [3.8, 4) is 5.75 Å². The average Bonchev–Trinajstić information content (AvgIpc) is 2.74. The van der Waals surface area contributed by atoms with E-state index in [1.807, 2.05) is 4.90 Å². The standard InChI is InChI=1S/C20H22F3N3O4S/c1-14(19(27)24-15-6-8-16(9-7-15)30-20(22)23)25-10-12-26(13-11-25)31(28,29)18-5-3-2-4-17(18)21/h2-9,14,20H,10-13H2,1H3,(H,24,27). The summed E-state index contributed by atoms with van der Waals surface area (Å²) in [5, 5.41) is 2.69. The second-order valence-corrected chi connectivity index (χ2v) is 8.84. The van der Waals surface area contributed by atoms with Gasteiger partial charge in [-0.3, -0.25) is 9.69 Å². The molecule has 7 nitrogen and oxygen atoms in total. The van der Waals surface area contributed by atoms with Crippen LogP contribution >= 0.6 is 0 Å². The molecule has 1 heterocycles. The fraction of sp³-hybridized carbons (Fsp3) is 0.350. The zero-order valence-corrected chi connectivity index (χ0v) is 17.5. The number of hydrogen-bond donors (Lipinski definition) is 1. The molecule has 11 heteroatoms. The normalized spacial score (nSPS) is 16.8. The van der Waals surface area contributed by atoms with E-state index in [1.54, 1.807) is 6.92 Å². The number of anilines is 1. The highest BCUT2D eigenvalue weighted by molar-refractivity contribution is 7.89. The molecule has 0 bridgehead atoms. The van der Waals surface area contributed by atoms with E-state index in [2.05, 4.69) is 10.1 Å². The van der Waals surface area contributed by atoms with Crippen molar-refractivity contribution in [2.45, 2.75) is 24.5 Å². The van der Waals surface area contributed by atoms with Crippen molar-refractivity contribution in [3.63, 3.8) is 0 Å². The van der Waals surface area contributed by atoms with E-state index in [1.165, 1.54) is 46.8 Å². The molecule has 1 aliphatic rings. The van der Waals surface area contributed by atoms with Gasteiger partial charge in [0.05, 0.1) is 6.04 Å². The maximum Gasteiger partial charge on any atom is 0.387 e. The van der Waals surface area contributed by atoms with Crippen LogP contribution in [-0.2, 0) is 14.8 Å². The molecule has 0 aliphatic carbocycles. The van der Waals surface area contributed by atoms with Gasteiger partial charge in [0, 0.05) is 31.9 Å². The highest BCUT2D eigenvalue weighted by Gasteiger charge is 2.33. The molecule has 2 aromatic rings. The Morgan fingerprint density at radius 2 is 1.65 bits per heavy atom. The zero-order valence-electron chi connectivity index (χ0n) is 16.7. The van der Waals surface area contributed by atoms with Crippen molar-refractivity contribution in [2.75, 3.05) is 31.5 Å². The Labute approximate surface area is 178 Å². The predicted molar refractivity (Wildman–Crippen MR) is 108 cm³/mol. The summed E-state index contributed by atoms with van der Waals surface area (Å²) in [6.07, 6.45) is 0. The van der Waals surface area contributed by atoms with Crippen molar-refractivity contribution in [3.05, 3.63) is 54.3 Å². The first-order chi connectivity index (χ1) is 14.7. The van der Waals surface area contributed by atoms with Crippen LogP contribution in [0.4, 0.5) is 18.9 Å². The van der Waals surface area contributed by atoms with Crippen LogP contribution in [0.5, 0.6) is 5.75 Å². The van der Waals surface area contributed by atoms with Crippen LogP contribution in [0.2, 0.25) is 0 Å². The molecule has 0 radical (unpaired) electrons. The van der Waals surface area contributed by atoms with Gasteiger partial charge in [-0.15, -0.1) is 0 Å².